The van der Waals surface area contributed by atoms with Crippen LogP contribution in [0.15, 0.2) is 22.7 Å². The Morgan fingerprint density at radius 3 is 2.50 bits per heavy atom. The summed E-state index contributed by atoms with van der Waals surface area (Å²) in [5, 5.41) is 9.08. The van der Waals surface area contributed by atoms with Gasteiger partial charge in [-0.05, 0) is 42.7 Å². The SMILES string of the molecule is Cc1cc(Br)cc(-c2sc(C(=O)O)c(N)c2C)c1. The van der Waals surface area contributed by atoms with Crippen molar-refractivity contribution in [3.63, 3.8) is 0 Å². The first-order valence-electron chi connectivity index (χ1n) is 5.30. The molecule has 0 radical (unpaired) electrons. The van der Waals surface area contributed by atoms with Crippen molar-refractivity contribution >= 4 is 38.9 Å². The third-order valence-corrected chi connectivity index (χ3v) is 4.49. The van der Waals surface area contributed by atoms with Crippen LogP contribution < -0.4 is 5.73 Å². The van der Waals surface area contributed by atoms with Crippen molar-refractivity contribution in [2.45, 2.75) is 13.8 Å². The Kier molecular flexibility index (Phi) is 3.45. The number of anilines is 1. The molecule has 0 aliphatic carbocycles. The van der Waals surface area contributed by atoms with Crippen LogP contribution in [0.3, 0.4) is 0 Å². The van der Waals surface area contributed by atoms with E-state index >= 15 is 0 Å². The molecule has 0 saturated heterocycles. The van der Waals surface area contributed by atoms with Gasteiger partial charge < -0.3 is 10.8 Å². The second-order valence-electron chi connectivity index (χ2n) is 4.12. The van der Waals surface area contributed by atoms with E-state index in [9.17, 15) is 4.79 Å². The highest BCUT2D eigenvalue weighted by Gasteiger charge is 2.18. The van der Waals surface area contributed by atoms with Crippen molar-refractivity contribution in [3.8, 4) is 10.4 Å². The molecule has 3 N–H and O–H groups in total. The lowest BCUT2D eigenvalue weighted by Gasteiger charge is -2.03. The molecule has 3 nitrogen and oxygen atoms in total. The zero-order chi connectivity index (χ0) is 13.4. The average Bonchev–Trinajstić information content (AvgIpc) is 2.55. The highest BCUT2D eigenvalue weighted by atomic mass is 79.9. The van der Waals surface area contributed by atoms with Gasteiger partial charge in [0.1, 0.15) is 4.88 Å². The molecule has 0 spiro atoms. The molecule has 0 bridgehead atoms. The number of aryl methyl sites for hydroxylation is 1. The molecular formula is C13H12BrNO2S. The van der Waals surface area contributed by atoms with Gasteiger partial charge in [0.2, 0.25) is 0 Å². The first kappa shape index (κ1) is 13.1. The maximum absolute atomic E-state index is 11.1. The van der Waals surface area contributed by atoms with E-state index in [2.05, 4.69) is 15.9 Å². The average molecular weight is 326 g/mol. The molecule has 0 aliphatic rings. The smallest absolute Gasteiger partial charge is 0.348 e. The lowest BCUT2D eigenvalue weighted by Crippen LogP contribution is -1.97. The standard InChI is InChI=1S/C13H12BrNO2S/c1-6-3-8(5-9(14)4-6)11-7(2)10(15)12(18-11)13(16)17/h3-5H,15H2,1-2H3,(H,16,17). The first-order valence-corrected chi connectivity index (χ1v) is 6.91. The fourth-order valence-electron chi connectivity index (χ4n) is 1.83. The number of carboxylic acids is 1. The first-order chi connectivity index (χ1) is 8.40. The Bertz CT molecular complexity index is 614. The van der Waals surface area contributed by atoms with Gasteiger partial charge in [0.25, 0.3) is 0 Å². The van der Waals surface area contributed by atoms with Crippen LogP contribution in [0.5, 0.6) is 0 Å². The molecule has 0 atom stereocenters. The number of carbonyl (C=O) groups is 1. The Morgan fingerprint density at radius 1 is 1.33 bits per heavy atom. The van der Waals surface area contributed by atoms with Gasteiger partial charge in [0.05, 0.1) is 5.69 Å². The van der Waals surface area contributed by atoms with E-state index in [0.717, 1.165) is 26.0 Å². The zero-order valence-electron chi connectivity index (χ0n) is 9.95. The fourth-order valence-corrected chi connectivity index (χ4v) is 3.49. The molecule has 0 aliphatic heterocycles. The maximum Gasteiger partial charge on any atom is 0.348 e. The van der Waals surface area contributed by atoms with E-state index in [4.69, 9.17) is 10.8 Å². The number of nitrogen functional groups attached to an aromatic ring is 1. The van der Waals surface area contributed by atoms with E-state index in [0.29, 0.717) is 5.69 Å². The van der Waals surface area contributed by atoms with Crippen molar-refractivity contribution in [2.24, 2.45) is 0 Å². The molecule has 18 heavy (non-hydrogen) atoms. The number of halogens is 1. The fraction of sp³-hybridized carbons (Fsp3) is 0.154. The number of carboxylic acid groups (broad SMARTS) is 1. The Morgan fingerprint density at radius 2 is 2.00 bits per heavy atom. The molecule has 1 aromatic heterocycles. The molecule has 0 saturated carbocycles. The molecule has 1 aromatic carbocycles. The largest absolute Gasteiger partial charge is 0.477 e. The van der Waals surface area contributed by atoms with E-state index in [1.165, 1.54) is 11.3 Å². The second kappa shape index (κ2) is 4.74. The van der Waals surface area contributed by atoms with E-state index in [1.54, 1.807) is 0 Å². The summed E-state index contributed by atoms with van der Waals surface area (Å²) in [5.41, 5.74) is 9.13. The summed E-state index contributed by atoms with van der Waals surface area (Å²) < 4.78 is 0.973. The molecule has 2 rings (SSSR count). The van der Waals surface area contributed by atoms with Crippen LogP contribution in [0.2, 0.25) is 0 Å². The highest BCUT2D eigenvalue weighted by Crippen LogP contribution is 2.39. The van der Waals surface area contributed by atoms with Crippen LogP contribution in [0.1, 0.15) is 20.8 Å². The van der Waals surface area contributed by atoms with Gasteiger partial charge in [-0.1, -0.05) is 22.0 Å². The van der Waals surface area contributed by atoms with Crippen molar-refractivity contribution in [2.75, 3.05) is 5.73 Å². The van der Waals surface area contributed by atoms with Gasteiger partial charge >= 0.3 is 5.97 Å². The lowest BCUT2D eigenvalue weighted by molar-refractivity contribution is 0.0703. The van der Waals surface area contributed by atoms with Gasteiger partial charge in [-0.15, -0.1) is 11.3 Å². The molecule has 0 amide bonds. The number of aromatic carboxylic acids is 1. The van der Waals surface area contributed by atoms with Gasteiger partial charge in [-0.2, -0.15) is 0 Å². The van der Waals surface area contributed by atoms with Crippen LogP contribution in [-0.4, -0.2) is 11.1 Å². The number of benzene rings is 1. The Balaban J connectivity index is 2.64. The molecular weight excluding hydrogens is 314 g/mol. The van der Waals surface area contributed by atoms with E-state index < -0.39 is 5.97 Å². The van der Waals surface area contributed by atoms with Crippen molar-refractivity contribution < 1.29 is 9.90 Å². The second-order valence-corrected chi connectivity index (χ2v) is 6.06. The van der Waals surface area contributed by atoms with Crippen molar-refractivity contribution in [3.05, 3.63) is 38.7 Å². The summed E-state index contributed by atoms with van der Waals surface area (Å²) in [6, 6.07) is 6.00. The van der Waals surface area contributed by atoms with Gasteiger partial charge in [-0.3, -0.25) is 0 Å². The van der Waals surface area contributed by atoms with Gasteiger partial charge in [0, 0.05) is 9.35 Å². The number of hydrogen-bond acceptors (Lipinski definition) is 3. The molecule has 1 heterocycles. The predicted molar refractivity (Wildman–Crippen MR) is 78.3 cm³/mol. The summed E-state index contributed by atoms with van der Waals surface area (Å²) in [5.74, 6) is -0.974. The highest BCUT2D eigenvalue weighted by molar-refractivity contribution is 9.10. The molecule has 0 unspecified atom stereocenters. The van der Waals surface area contributed by atoms with E-state index in [1.807, 2.05) is 32.0 Å². The quantitative estimate of drug-likeness (QED) is 0.874. The van der Waals surface area contributed by atoms with Gasteiger partial charge in [-0.25, -0.2) is 4.79 Å². The third kappa shape index (κ3) is 2.28. The van der Waals surface area contributed by atoms with Crippen molar-refractivity contribution in [1.29, 1.82) is 0 Å². The van der Waals surface area contributed by atoms with E-state index in [-0.39, 0.29) is 4.88 Å². The molecule has 2 aromatic rings. The topological polar surface area (TPSA) is 63.3 Å². The minimum atomic E-state index is -0.974. The normalized spacial score (nSPS) is 10.6. The number of thiophene rings is 1. The summed E-state index contributed by atoms with van der Waals surface area (Å²) in [4.78, 5) is 12.2. The molecule has 5 heteroatoms. The summed E-state index contributed by atoms with van der Waals surface area (Å²) in [6.07, 6.45) is 0. The van der Waals surface area contributed by atoms with Crippen LogP contribution >= 0.6 is 27.3 Å². The number of hydrogen-bond donors (Lipinski definition) is 2. The minimum Gasteiger partial charge on any atom is -0.477 e. The number of rotatable bonds is 2. The summed E-state index contributed by atoms with van der Waals surface area (Å²) >= 11 is 4.67. The van der Waals surface area contributed by atoms with Crippen LogP contribution in [0, 0.1) is 13.8 Å². The molecule has 0 fully saturated rings. The maximum atomic E-state index is 11.1. The van der Waals surface area contributed by atoms with Crippen LogP contribution in [-0.2, 0) is 0 Å². The monoisotopic (exact) mass is 325 g/mol. The molecule has 94 valence electrons. The van der Waals surface area contributed by atoms with Crippen molar-refractivity contribution in [1.82, 2.24) is 0 Å². The minimum absolute atomic E-state index is 0.208. The number of nitrogens with two attached hydrogens (primary N) is 1. The zero-order valence-corrected chi connectivity index (χ0v) is 12.4. The third-order valence-electron chi connectivity index (χ3n) is 2.69. The summed E-state index contributed by atoms with van der Waals surface area (Å²) in [7, 11) is 0. The lowest BCUT2D eigenvalue weighted by atomic mass is 10.1. The summed E-state index contributed by atoms with van der Waals surface area (Å²) in [6.45, 7) is 3.85. The Labute approximate surface area is 117 Å². The van der Waals surface area contributed by atoms with Gasteiger partial charge in [0.15, 0.2) is 0 Å². The predicted octanol–water partition coefficient (Wildman–Crippen LogP) is 4.07. The Hall–Kier alpha value is -1.33. The van der Waals surface area contributed by atoms with Crippen LogP contribution in [0.25, 0.3) is 10.4 Å². The van der Waals surface area contributed by atoms with Crippen LogP contribution in [0.4, 0.5) is 5.69 Å².